The standard InChI is InChI=1S/C36H40B2N2/c1-9-39-33-13-11-12-14-34(33)40(10-2)37(39)20-19-31-15-17-32(18-16-31)38(35-27(5)21-25(3)22-28(35)6)36-29(7)23-26(4)24-30(36)8/h11-18,21-24H,9-10H2,1-8H3. The summed E-state index contributed by atoms with van der Waals surface area (Å²) < 4.78 is 0. The van der Waals surface area contributed by atoms with Crippen molar-refractivity contribution in [2.75, 3.05) is 22.7 Å². The van der Waals surface area contributed by atoms with Crippen molar-refractivity contribution in [1.29, 1.82) is 0 Å². The van der Waals surface area contributed by atoms with Gasteiger partial charge in [-0.25, -0.2) is 0 Å². The lowest BCUT2D eigenvalue weighted by atomic mass is 9.34. The zero-order chi connectivity index (χ0) is 28.6. The first kappa shape index (κ1) is 27.7. The van der Waals surface area contributed by atoms with Gasteiger partial charge in [-0.3, -0.25) is 0 Å². The monoisotopic (exact) mass is 522 g/mol. The molecule has 0 saturated heterocycles. The number of hydrogen-bond donors (Lipinski definition) is 0. The molecule has 4 heteroatoms. The molecule has 4 aromatic carbocycles. The topological polar surface area (TPSA) is 6.48 Å². The molecule has 0 aromatic heterocycles. The van der Waals surface area contributed by atoms with Crippen molar-refractivity contribution >= 4 is 41.5 Å². The Hall–Kier alpha value is -3.83. The highest BCUT2D eigenvalue weighted by molar-refractivity contribution is 6.96. The van der Waals surface area contributed by atoms with Crippen molar-refractivity contribution in [2.45, 2.75) is 55.4 Å². The van der Waals surface area contributed by atoms with Crippen LogP contribution in [0.2, 0.25) is 0 Å². The zero-order valence-corrected chi connectivity index (χ0v) is 25.4. The smallest absolute Gasteiger partial charge is 0.384 e. The van der Waals surface area contributed by atoms with Crippen molar-refractivity contribution in [3.63, 3.8) is 0 Å². The van der Waals surface area contributed by atoms with Gasteiger partial charge in [0.05, 0.1) is 0 Å². The molecule has 0 saturated carbocycles. The minimum atomic E-state index is 0.0514. The number of hydrogen-bond acceptors (Lipinski definition) is 2. The van der Waals surface area contributed by atoms with E-state index in [-0.39, 0.29) is 13.7 Å². The molecule has 1 heterocycles. The van der Waals surface area contributed by atoms with Crippen molar-refractivity contribution in [3.8, 4) is 11.7 Å². The Bertz CT molecular complexity index is 1480. The summed E-state index contributed by atoms with van der Waals surface area (Å²) in [4.78, 5) is 4.81. The van der Waals surface area contributed by atoms with Crippen LogP contribution < -0.4 is 26.0 Å². The van der Waals surface area contributed by atoms with Gasteiger partial charge in [-0.05, 0) is 79.7 Å². The summed E-state index contributed by atoms with van der Waals surface area (Å²) in [6.45, 7) is 19.9. The van der Waals surface area contributed by atoms with E-state index in [4.69, 9.17) is 0 Å². The van der Waals surface area contributed by atoms with Crippen LogP contribution in [0.5, 0.6) is 0 Å². The van der Waals surface area contributed by atoms with Crippen molar-refractivity contribution in [1.82, 2.24) is 0 Å². The van der Waals surface area contributed by atoms with Crippen LogP contribution in [0.3, 0.4) is 0 Å². The molecular weight excluding hydrogens is 482 g/mol. The Morgan fingerprint density at radius 1 is 0.625 bits per heavy atom. The van der Waals surface area contributed by atoms with Crippen LogP contribution in [0, 0.1) is 53.3 Å². The van der Waals surface area contributed by atoms with E-state index < -0.39 is 0 Å². The van der Waals surface area contributed by atoms with E-state index in [9.17, 15) is 0 Å². The molecule has 0 atom stereocenters. The van der Waals surface area contributed by atoms with Gasteiger partial charge in [0.15, 0.2) is 0 Å². The first-order valence-corrected chi connectivity index (χ1v) is 14.6. The third-order valence-electron chi connectivity index (χ3n) is 8.42. The zero-order valence-electron chi connectivity index (χ0n) is 25.4. The highest BCUT2D eigenvalue weighted by Gasteiger charge is 2.37. The Morgan fingerprint density at radius 2 is 1.05 bits per heavy atom. The third kappa shape index (κ3) is 5.06. The van der Waals surface area contributed by atoms with Gasteiger partial charge in [0.2, 0.25) is 6.71 Å². The molecule has 0 fully saturated rings. The summed E-state index contributed by atoms with van der Waals surface area (Å²) in [6, 6.07) is 27.0. The quantitative estimate of drug-likeness (QED) is 0.242. The molecule has 0 spiro atoms. The lowest BCUT2D eigenvalue weighted by Gasteiger charge is -2.24. The van der Waals surface area contributed by atoms with Crippen LogP contribution in [0.25, 0.3) is 0 Å². The molecule has 0 radical (unpaired) electrons. The van der Waals surface area contributed by atoms with Crippen molar-refractivity contribution in [2.24, 2.45) is 0 Å². The number of anilines is 2. The Balaban J connectivity index is 1.55. The van der Waals surface area contributed by atoms with Gasteiger partial charge in [-0.15, -0.1) is 0 Å². The SMILES string of the molecule is CCN1B(C#Cc2ccc(B(c3c(C)cc(C)cc3C)c3c(C)cc(C)cc3C)cc2)N(CC)c2ccccc21. The second kappa shape index (κ2) is 11.3. The maximum Gasteiger partial charge on any atom is 0.466 e. The fourth-order valence-electron chi connectivity index (χ4n) is 6.90. The van der Waals surface area contributed by atoms with E-state index in [1.807, 2.05) is 0 Å². The van der Waals surface area contributed by atoms with E-state index in [0.717, 1.165) is 18.7 Å². The second-order valence-electron chi connectivity index (χ2n) is 11.4. The average molecular weight is 522 g/mol. The molecule has 40 heavy (non-hydrogen) atoms. The van der Waals surface area contributed by atoms with Gasteiger partial charge in [0, 0.05) is 30.0 Å². The highest BCUT2D eigenvalue weighted by Crippen LogP contribution is 2.37. The normalized spacial score (nSPS) is 12.3. The van der Waals surface area contributed by atoms with Gasteiger partial charge in [0.25, 0.3) is 0 Å². The van der Waals surface area contributed by atoms with E-state index in [0.29, 0.717) is 0 Å². The molecule has 1 aliphatic heterocycles. The maximum atomic E-state index is 3.61. The van der Waals surface area contributed by atoms with Crippen LogP contribution in [-0.4, -0.2) is 26.8 Å². The number of nitrogens with zero attached hydrogens (tertiary/aromatic N) is 2. The minimum Gasteiger partial charge on any atom is -0.384 e. The predicted octanol–water partition coefficient (Wildman–Crippen LogP) is 5.80. The molecule has 4 aromatic rings. The number of aryl methyl sites for hydroxylation is 6. The Kier molecular flexibility index (Phi) is 7.86. The molecular formula is C36H40B2N2. The van der Waals surface area contributed by atoms with Crippen LogP contribution in [0.1, 0.15) is 52.8 Å². The van der Waals surface area contributed by atoms with Gasteiger partial charge in [-0.2, -0.15) is 0 Å². The summed E-state index contributed by atoms with van der Waals surface area (Å²) in [5, 5.41) is 0. The van der Waals surface area contributed by atoms with Crippen molar-refractivity contribution in [3.05, 3.63) is 112 Å². The first-order chi connectivity index (χ1) is 19.2. The summed E-state index contributed by atoms with van der Waals surface area (Å²) >= 11 is 0. The fourth-order valence-corrected chi connectivity index (χ4v) is 6.90. The van der Waals surface area contributed by atoms with Gasteiger partial charge in [-0.1, -0.05) is 110 Å². The Morgan fingerprint density at radius 3 is 1.45 bits per heavy atom. The van der Waals surface area contributed by atoms with Crippen molar-refractivity contribution < 1.29 is 0 Å². The largest absolute Gasteiger partial charge is 0.466 e. The molecule has 0 bridgehead atoms. The molecule has 2 nitrogen and oxygen atoms in total. The lowest BCUT2D eigenvalue weighted by molar-refractivity contribution is 1.06. The predicted molar refractivity (Wildman–Crippen MR) is 178 cm³/mol. The molecule has 0 unspecified atom stereocenters. The van der Waals surface area contributed by atoms with Crippen LogP contribution >= 0.6 is 0 Å². The average Bonchev–Trinajstić information content (AvgIpc) is 3.22. The maximum absolute atomic E-state index is 3.61. The molecule has 0 aliphatic carbocycles. The molecule has 5 rings (SSSR count). The van der Waals surface area contributed by atoms with Gasteiger partial charge >= 0.3 is 6.98 Å². The summed E-state index contributed by atoms with van der Waals surface area (Å²) in [7, 11) is 0. The second-order valence-corrected chi connectivity index (χ2v) is 11.4. The van der Waals surface area contributed by atoms with Crippen LogP contribution in [0.4, 0.5) is 11.4 Å². The van der Waals surface area contributed by atoms with E-state index >= 15 is 0 Å². The number of benzene rings is 4. The fraction of sp³-hybridized carbons (Fsp3) is 0.278. The number of fused-ring (bicyclic) bond motifs is 1. The minimum absolute atomic E-state index is 0.0514. The third-order valence-corrected chi connectivity index (χ3v) is 8.42. The molecule has 0 N–H and O–H groups in total. The molecule has 200 valence electrons. The summed E-state index contributed by atoms with van der Waals surface area (Å²) in [6.07, 6.45) is 0. The molecule has 1 aliphatic rings. The van der Waals surface area contributed by atoms with Gasteiger partial charge in [0.1, 0.15) is 0 Å². The summed E-state index contributed by atoms with van der Waals surface area (Å²) in [5.41, 5.74) is 15.8. The highest BCUT2D eigenvalue weighted by atomic mass is 15.3. The Labute approximate surface area is 242 Å². The van der Waals surface area contributed by atoms with E-state index in [1.165, 1.54) is 61.1 Å². The number of para-hydroxylation sites is 2. The first-order valence-electron chi connectivity index (χ1n) is 14.6. The molecule has 0 amide bonds. The summed E-state index contributed by atoms with van der Waals surface area (Å²) in [5.74, 6) is 7.13. The van der Waals surface area contributed by atoms with Crippen LogP contribution in [0.15, 0.2) is 72.8 Å². The van der Waals surface area contributed by atoms with Crippen LogP contribution in [-0.2, 0) is 0 Å². The van der Waals surface area contributed by atoms with Gasteiger partial charge < -0.3 is 9.62 Å². The number of rotatable bonds is 5. The lowest BCUT2D eigenvalue weighted by Crippen LogP contribution is -2.55. The van der Waals surface area contributed by atoms with E-state index in [2.05, 4.69) is 150 Å². The van der Waals surface area contributed by atoms with E-state index in [1.54, 1.807) is 0 Å².